The SMILES string of the molecule is NC1CCC(=Cc2ccc(Cl)c(Cl)c2)C1. The van der Waals surface area contributed by atoms with Gasteiger partial charge in [-0.15, -0.1) is 0 Å². The van der Waals surface area contributed by atoms with Gasteiger partial charge in [0.15, 0.2) is 0 Å². The molecule has 2 rings (SSSR count). The van der Waals surface area contributed by atoms with Gasteiger partial charge in [0.1, 0.15) is 0 Å². The smallest absolute Gasteiger partial charge is 0.0598 e. The standard InChI is InChI=1S/C12H13Cl2N/c13-11-4-2-9(7-12(11)14)5-8-1-3-10(15)6-8/h2,4-5,7,10H,1,3,6,15H2. The highest BCUT2D eigenvalue weighted by atomic mass is 35.5. The second-order valence-electron chi connectivity index (χ2n) is 3.98. The maximum absolute atomic E-state index is 5.94. The third-order valence-corrected chi connectivity index (χ3v) is 3.41. The van der Waals surface area contributed by atoms with Crippen LogP contribution in [-0.2, 0) is 0 Å². The lowest BCUT2D eigenvalue weighted by Gasteiger charge is -2.00. The summed E-state index contributed by atoms with van der Waals surface area (Å²) in [7, 11) is 0. The Bertz CT molecular complexity index is 399. The summed E-state index contributed by atoms with van der Waals surface area (Å²) in [5.74, 6) is 0. The normalized spacial score (nSPS) is 23.7. The number of hydrogen-bond donors (Lipinski definition) is 1. The summed E-state index contributed by atoms with van der Waals surface area (Å²) >= 11 is 11.8. The van der Waals surface area contributed by atoms with Crippen LogP contribution in [0.15, 0.2) is 23.8 Å². The van der Waals surface area contributed by atoms with Crippen molar-refractivity contribution in [3.63, 3.8) is 0 Å². The van der Waals surface area contributed by atoms with E-state index in [0.717, 1.165) is 24.8 Å². The van der Waals surface area contributed by atoms with E-state index in [2.05, 4.69) is 6.08 Å². The molecule has 80 valence electrons. The first-order valence-corrected chi connectivity index (χ1v) is 5.81. The predicted octanol–water partition coefficient (Wildman–Crippen LogP) is 3.89. The molecule has 0 amide bonds. The van der Waals surface area contributed by atoms with E-state index in [4.69, 9.17) is 28.9 Å². The Labute approximate surface area is 99.9 Å². The van der Waals surface area contributed by atoms with Crippen LogP contribution >= 0.6 is 23.2 Å². The molecule has 0 spiro atoms. The average molecular weight is 242 g/mol. The van der Waals surface area contributed by atoms with Crippen LogP contribution in [-0.4, -0.2) is 6.04 Å². The van der Waals surface area contributed by atoms with Gasteiger partial charge < -0.3 is 5.73 Å². The summed E-state index contributed by atoms with van der Waals surface area (Å²) in [5, 5.41) is 1.20. The van der Waals surface area contributed by atoms with E-state index in [9.17, 15) is 0 Å². The molecule has 1 unspecified atom stereocenters. The molecule has 0 radical (unpaired) electrons. The van der Waals surface area contributed by atoms with Crippen molar-refractivity contribution in [1.29, 1.82) is 0 Å². The van der Waals surface area contributed by atoms with Crippen molar-refractivity contribution in [2.45, 2.75) is 25.3 Å². The topological polar surface area (TPSA) is 26.0 Å². The highest BCUT2D eigenvalue weighted by Crippen LogP contribution is 2.28. The zero-order chi connectivity index (χ0) is 10.8. The summed E-state index contributed by atoms with van der Waals surface area (Å²) in [5.41, 5.74) is 8.35. The van der Waals surface area contributed by atoms with Gasteiger partial charge in [-0.3, -0.25) is 0 Å². The first-order valence-electron chi connectivity index (χ1n) is 5.05. The van der Waals surface area contributed by atoms with E-state index >= 15 is 0 Å². The van der Waals surface area contributed by atoms with Gasteiger partial charge in [0.2, 0.25) is 0 Å². The van der Waals surface area contributed by atoms with Crippen LogP contribution in [0.5, 0.6) is 0 Å². The van der Waals surface area contributed by atoms with E-state index in [1.165, 1.54) is 5.57 Å². The zero-order valence-corrected chi connectivity index (χ0v) is 9.85. The number of benzene rings is 1. The molecule has 1 aromatic rings. The minimum atomic E-state index is 0.332. The number of halogens is 2. The van der Waals surface area contributed by atoms with Crippen molar-refractivity contribution in [1.82, 2.24) is 0 Å². The molecule has 0 heterocycles. The Morgan fingerprint density at radius 3 is 2.67 bits per heavy atom. The first kappa shape index (κ1) is 11.0. The summed E-state index contributed by atoms with van der Waals surface area (Å²) in [6, 6.07) is 6.02. The second kappa shape index (κ2) is 4.56. The highest BCUT2D eigenvalue weighted by Gasteiger charge is 2.14. The van der Waals surface area contributed by atoms with Gasteiger partial charge >= 0.3 is 0 Å². The Kier molecular flexibility index (Phi) is 3.35. The van der Waals surface area contributed by atoms with Crippen LogP contribution in [0.2, 0.25) is 10.0 Å². The fourth-order valence-electron chi connectivity index (χ4n) is 1.88. The lowest BCUT2D eigenvalue weighted by atomic mass is 10.1. The molecule has 1 aliphatic rings. The number of hydrogen-bond acceptors (Lipinski definition) is 1. The molecule has 1 aliphatic carbocycles. The fraction of sp³-hybridized carbons (Fsp3) is 0.333. The lowest BCUT2D eigenvalue weighted by Crippen LogP contribution is -2.13. The molecular weight excluding hydrogens is 229 g/mol. The largest absolute Gasteiger partial charge is 0.327 e. The van der Waals surface area contributed by atoms with Crippen LogP contribution in [0, 0.1) is 0 Å². The molecule has 0 saturated heterocycles. The summed E-state index contributed by atoms with van der Waals surface area (Å²) in [6.07, 6.45) is 5.35. The molecule has 0 bridgehead atoms. The molecule has 1 saturated carbocycles. The van der Waals surface area contributed by atoms with Gasteiger partial charge in [-0.1, -0.05) is 40.9 Å². The van der Waals surface area contributed by atoms with Crippen molar-refractivity contribution in [3.8, 4) is 0 Å². The Morgan fingerprint density at radius 1 is 1.27 bits per heavy atom. The van der Waals surface area contributed by atoms with Crippen LogP contribution < -0.4 is 5.73 Å². The molecule has 3 heteroatoms. The van der Waals surface area contributed by atoms with E-state index in [1.54, 1.807) is 0 Å². The van der Waals surface area contributed by atoms with Gasteiger partial charge in [0, 0.05) is 6.04 Å². The third-order valence-electron chi connectivity index (χ3n) is 2.68. The zero-order valence-electron chi connectivity index (χ0n) is 8.34. The Balaban J connectivity index is 2.20. The third kappa shape index (κ3) is 2.75. The van der Waals surface area contributed by atoms with Crippen LogP contribution in [0.1, 0.15) is 24.8 Å². The Hall–Kier alpha value is -0.500. The molecular formula is C12H13Cl2N. The highest BCUT2D eigenvalue weighted by molar-refractivity contribution is 6.42. The molecule has 0 aromatic heterocycles. The summed E-state index contributed by atoms with van der Waals surface area (Å²) < 4.78 is 0. The van der Waals surface area contributed by atoms with E-state index in [-0.39, 0.29) is 0 Å². The summed E-state index contributed by atoms with van der Waals surface area (Å²) in [4.78, 5) is 0. The van der Waals surface area contributed by atoms with Crippen molar-refractivity contribution in [3.05, 3.63) is 39.4 Å². The minimum absolute atomic E-state index is 0.332. The number of rotatable bonds is 1. The average Bonchev–Trinajstić information content (AvgIpc) is 2.58. The van der Waals surface area contributed by atoms with Crippen molar-refractivity contribution >= 4 is 29.3 Å². The lowest BCUT2D eigenvalue weighted by molar-refractivity contribution is 0.711. The van der Waals surface area contributed by atoms with Gasteiger partial charge in [0.05, 0.1) is 10.0 Å². The monoisotopic (exact) mass is 241 g/mol. The van der Waals surface area contributed by atoms with Crippen molar-refractivity contribution < 1.29 is 0 Å². The Morgan fingerprint density at radius 2 is 2.07 bits per heavy atom. The second-order valence-corrected chi connectivity index (χ2v) is 4.79. The molecule has 1 fully saturated rings. The molecule has 1 atom stereocenters. The van der Waals surface area contributed by atoms with E-state index in [0.29, 0.717) is 16.1 Å². The van der Waals surface area contributed by atoms with Crippen molar-refractivity contribution in [2.24, 2.45) is 5.73 Å². The van der Waals surface area contributed by atoms with Gasteiger partial charge in [-0.2, -0.15) is 0 Å². The maximum atomic E-state index is 5.94. The van der Waals surface area contributed by atoms with Crippen LogP contribution in [0.4, 0.5) is 0 Å². The van der Waals surface area contributed by atoms with Gasteiger partial charge in [-0.25, -0.2) is 0 Å². The van der Waals surface area contributed by atoms with Crippen LogP contribution in [0.25, 0.3) is 6.08 Å². The van der Waals surface area contributed by atoms with E-state index < -0.39 is 0 Å². The molecule has 1 aromatic carbocycles. The van der Waals surface area contributed by atoms with Crippen LogP contribution in [0.3, 0.4) is 0 Å². The van der Waals surface area contributed by atoms with E-state index in [1.807, 2.05) is 18.2 Å². The molecule has 1 nitrogen and oxygen atoms in total. The fourth-order valence-corrected chi connectivity index (χ4v) is 2.19. The summed E-state index contributed by atoms with van der Waals surface area (Å²) in [6.45, 7) is 0. The van der Waals surface area contributed by atoms with Gasteiger partial charge in [0.25, 0.3) is 0 Å². The predicted molar refractivity (Wildman–Crippen MR) is 66.3 cm³/mol. The van der Waals surface area contributed by atoms with Gasteiger partial charge in [-0.05, 0) is 37.0 Å². The van der Waals surface area contributed by atoms with Crippen molar-refractivity contribution in [2.75, 3.05) is 0 Å². The molecule has 0 aliphatic heterocycles. The molecule has 2 N–H and O–H groups in total. The maximum Gasteiger partial charge on any atom is 0.0598 e. The molecule has 15 heavy (non-hydrogen) atoms. The first-order chi connectivity index (χ1) is 7.15. The quantitative estimate of drug-likeness (QED) is 0.794. The minimum Gasteiger partial charge on any atom is -0.327 e. The number of nitrogens with two attached hydrogens (primary N) is 1.